The summed E-state index contributed by atoms with van der Waals surface area (Å²) in [5.41, 5.74) is 4.97. The zero-order chi connectivity index (χ0) is 14.9. The van der Waals surface area contributed by atoms with Crippen LogP contribution in [0.4, 0.5) is 18.2 Å². The summed E-state index contributed by atoms with van der Waals surface area (Å²) in [6.45, 7) is 0. The Hall–Kier alpha value is -2.09. The third kappa shape index (κ3) is 2.74. The van der Waals surface area contributed by atoms with Gasteiger partial charge in [-0.15, -0.1) is 0 Å². The standard InChI is InChI=1S/C12H9F3N2O2S/c1-19-11(18)8-9(16)20-10(17-8)6-3-2-4-7(5-6)12(13,14)15/h2-5H,16H2,1H3. The van der Waals surface area contributed by atoms with Gasteiger partial charge >= 0.3 is 12.1 Å². The first kappa shape index (κ1) is 14.3. The normalized spacial score (nSPS) is 11.4. The molecule has 1 heterocycles. The fourth-order valence-electron chi connectivity index (χ4n) is 1.53. The van der Waals surface area contributed by atoms with Gasteiger partial charge in [0.25, 0.3) is 0 Å². The number of carbonyl (C=O) groups excluding carboxylic acids is 1. The average Bonchev–Trinajstić information content (AvgIpc) is 2.79. The van der Waals surface area contributed by atoms with Gasteiger partial charge in [0.1, 0.15) is 10.0 Å². The second-order valence-corrected chi connectivity index (χ2v) is 4.83. The first-order valence-electron chi connectivity index (χ1n) is 5.35. The summed E-state index contributed by atoms with van der Waals surface area (Å²) in [5, 5.41) is 0.332. The summed E-state index contributed by atoms with van der Waals surface area (Å²) < 4.78 is 42.4. The van der Waals surface area contributed by atoms with E-state index < -0.39 is 17.7 Å². The molecular formula is C12H9F3N2O2S. The van der Waals surface area contributed by atoms with E-state index in [1.165, 1.54) is 19.2 Å². The molecule has 1 aromatic heterocycles. The van der Waals surface area contributed by atoms with Crippen LogP contribution < -0.4 is 5.73 Å². The van der Waals surface area contributed by atoms with Crippen molar-refractivity contribution in [1.29, 1.82) is 0 Å². The number of halogens is 3. The molecule has 20 heavy (non-hydrogen) atoms. The molecule has 0 fully saturated rings. The Morgan fingerprint density at radius 2 is 2.10 bits per heavy atom. The number of benzene rings is 1. The van der Waals surface area contributed by atoms with Gasteiger partial charge in [-0.2, -0.15) is 13.2 Å². The predicted molar refractivity (Wildman–Crippen MR) is 68.3 cm³/mol. The Morgan fingerprint density at radius 1 is 1.40 bits per heavy atom. The number of esters is 1. The molecule has 0 spiro atoms. The molecule has 0 amide bonds. The number of hydrogen-bond acceptors (Lipinski definition) is 5. The van der Waals surface area contributed by atoms with E-state index in [2.05, 4.69) is 9.72 Å². The van der Waals surface area contributed by atoms with E-state index in [9.17, 15) is 18.0 Å². The molecule has 0 saturated heterocycles. The molecule has 0 atom stereocenters. The number of aromatic nitrogens is 1. The van der Waals surface area contributed by atoms with Crippen LogP contribution in [0.3, 0.4) is 0 Å². The predicted octanol–water partition coefficient (Wildman–Crippen LogP) is 3.20. The van der Waals surface area contributed by atoms with Gasteiger partial charge < -0.3 is 10.5 Å². The minimum Gasteiger partial charge on any atom is -0.464 e. The maximum absolute atomic E-state index is 12.6. The van der Waals surface area contributed by atoms with Crippen molar-refractivity contribution in [3.05, 3.63) is 35.5 Å². The monoisotopic (exact) mass is 302 g/mol. The molecule has 0 saturated carbocycles. The van der Waals surface area contributed by atoms with Gasteiger partial charge in [-0.05, 0) is 12.1 Å². The lowest BCUT2D eigenvalue weighted by Gasteiger charge is -2.07. The largest absolute Gasteiger partial charge is 0.464 e. The molecule has 0 radical (unpaired) electrons. The first-order valence-corrected chi connectivity index (χ1v) is 6.17. The van der Waals surface area contributed by atoms with Gasteiger partial charge in [0.05, 0.1) is 12.7 Å². The summed E-state index contributed by atoms with van der Waals surface area (Å²) >= 11 is 0.929. The highest BCUT2D eigenvalue weighted by molar-refractivity contribution is 7.19. The van der Waals surface area contributed by atoms with Crippen molar-refractivity contribution in [2.75, 3.05) is 12.8 Å². The lowest BCUT2D eigenvalue weighted by molar-refractivity contribution is -0.137. The molecule has 106 valence electrons. The van der Waals surface area contributed by atoms with Crippen LogP contribution in [0.2, 0.25) is 0 Å². The molecule has 0 aliphatic rings. The highest BCUT2D eigenvalue weighted by atomic mass is 32.1. The van der Waals surface area contributed by atoms with Crippen molar-refractivity contribution >= 4 is 22.3 Å². The zero-order valence-corrected chi connectivity index (χ0v) is 11.0. The Labute approximate surface area is 116 Å². The number of nitrogen functional groups attached to an aromatic ring is 1. The fourth-order valence-corrected chi connectivity index (χ4v) is 2.34. The van der Waals surface area contributed by atoms with E-state index in [0.29, 0.717) is 0 Å². The molecular weight excluding hydrogens is 293 g/mol. The third-order valence-corrected chi connectivity index (χ3v) is 3.40. The van der Waals surface area contributed by atoms with Crippen molar-refractivity contribution in [3.8, 4) is 10.6 Å². The number of hydrogen-bond donors (Lipinski definition) is 1. The average molecular weight is 302 g/mol. The first-order chi connectivity index (χ1) is 9.32. The van der Waals surface area contributed by atoms with Crippen molar-refractivity contribution in [1.82, 2.24) is 4.98 Å². The Balaban J connectivity index is 2.45. The van der Waals surface area contributed by atoms with Crippen LogP contribution in [0.5, 0.6) is 0 Å². The van der Waals surface area contributed by atoms with Gasteiger partial charge in [-0.1, -0.05) is 23.5 Å². The van der Waals surface area contributed by atoms with Gasteiger partial charge in [-0.3, -0.25) is 0 Å². The maximum Gasteiger partial charge on any atom is 0.416 e. The van der Waals surface area contributed by atoms with Crippen LogP contribution in [0, 0.1) is 0 Å². The number of ether oxygens (including phenoxy) is 1. The van der Waals surface area contributed by atoms with Crippen LogP contribution in [-0.2, 0) is 10.9 Å². The summed E-state index contributed by atoms with van der Waals surface area (Å²) in [7, 11) is 1.17. The van der Waals surface area contributed by atoms with E-state index in [-0.39, 0.29) is 21.3 Å². The third-order valence-electron chi connectivity index (χ3n) is 2.47. The van der Waals surface area contributed by atoms with E-state index in [0.717, 1.165) is 23.5 Å². The lowest BCUT2D eigenvalue weighted by atomic mass is 10.1. The minimum absolute atomic E-state index is 0.0927. The smallest absolute Gasteiger partial charge is 0.416 e. The number of thiazole rings is 1. The molecule has 0 aliphatic heterocycles. The summed E-state index contributed by atoms with van der Waals surface area (Å²) in [6, 6.07) is 4.66. The summed E-state index contributed by atoms with van der Waals surface area (Å²) in [4.78, 5) is 15.3. The van der Waals surface area contributed by atoms with Crippen molar-refractivity contribution in [2.24, 2.45) is 0 Å². The SMILES string of the molecule is COC(=O)c1nc(-c2cccc(C(F)(F)F)c2)sc1N. The summed E-state index contributed by atoms with van der Waals surface area (Å²) in [6.07, 6.45) is -4.44. The second kappa shape index (κ2) is 5.12. The van der Waals surface area contributed by atoms with Crippen molar-refractivity contribution < 1.29 is 22.7 Å². The fraction of sp³-hybridized carbons (Fsp3) is 0.167. The molecule has 0 aliphatic carbocycles. The highest BCUT2D eigenvalue weighted by Gasteiger charge is 2.30. The van der Waals surface area contributed by atoms with Crippen molar-refractivity contribution in [3.63, 3.8) is 0 Å². The van der Waals surface area contributed by atoms with Gasteiger partial charge in [-0.25, -0.2) is 9.78 Å². The lowest BCUT2D eigenvalue weighted by Crippen LogP contribution is -2.05. The molecule has 2 N–H and O–H groups in total. The Morgan fingerprint density at radius 3 is 2.70 bits per heavy atom. The number of nitrogens with zero attached hydrogens (tertiary/aromatic N) is 1. The van der Waals surface area contributed by atoms with Crippen LogP contribution in [0.1, 0.15) is 16.1 Å². The molecule has 2 aromatic rings. The second-order valence-electron chi connectivity index (χ2n) is 3.80. The topological polar surface area (TPSA) is 65.2 Å². The molecule has 2 rings (SSSR count). The zero-order valence-electron chi connectivity index (χ0n) is 10.2. The Bertz CT molecular complexity index is 652. The molecule has 1 aromatic carbocycles. The van der Waals surface area contributed by atoms with E-state index in [4.69, 9.17) is 5.73 Å². The quantitative estimate of drug-likeness (QED) is 0.865. The minimum atomic E-state index is -4.44. The van der Waals surface area contributed by atoms with Crippen LogP contribution in [0.15, 0.2) is 24.3 Å². The van der Waals surface area contributed by atoms with Crippen LogP contribution >= 0.6 is 11.3 Å². The number of carbonyl (C=O) groups is 1. The summed E-state index contributed by atoms with van der Waals surface area (Å²) in [5.74, 6) is -0.725. The van der Waals surface area contributed by atoms with Gasteiger partial charge in [0.2, 0.25) is 0 Å². The number of methoxy groups -OCH3 is 1. The van der Waals surface area contributed by atoms with Gasteiger partial charge in [0.15, 0.2) is 5.69 Å². The molecule has 8 heteroatoms. The number of rotatable bonds is 2. The Kier molecular flexibility index (Phi) is 3.67. The number of anilines is 1. The van der Waals surface area contributed by atoms with E-state index >= 15 is 0 Å². The van der Waals surface area contributed by atoms with E-state index in [1.54, 1.807) is 0 Å². The molecule has 0 unspecified atom stereocenters. The number of nitrogens with two attached hydrogens (primary N) is 1. The van der Waals surface area contributed by atoms with E-state index in [1.807, 2.05) is 0 Å². The molecule has 0 bridgehead atoms. The highest BCUT2D eigenvalue weighted by Crippen LogP contribution is 2.35. The van der Waals surface area contributed by atoms with Crippen LogP contribution in [-0.4, -0.2) is 18.1 Å². The van der Waals surface area contributed by atoms with Crippen LogP contribution in [0.25, 0.3) is 10.6 Å². The van der Waals surface area contributed by atoms with Gasteiger partial charge in [0, 0.05) is 5.56 Å². The van der Waals surface area contributed by atoms with Crippen molar-refractivity contribution in [2.45, 2.75) is 6.18 Å². The number of alkyl halides is 3. The molecule has 4 nitrogen and oxygen atoms in total. The maximum atomic E-state index is 12.6.